The molecule has 0 aliphatic carbocycles. The van der Waals surface area contributed by atoms with E-state index in [1.807, 2.05) is 41.1 Å². The molecule has 196 valence electrons. The number of aromatic nitrogens is 3. The molecule has 2 aromatic carbocycles. The summed E-state index contributed by atoms with van der Waals surface area (Å²) in [5.41, 5.74) is 4.71. The van der Waals surface area contributed by atoms with Crippen molar-refractivity contribution in [2.24, 2.45) is 0 Å². The molecule has 0 amide bonds. The van der Waals surface area contributed by atoms with Crippen LogP contribution in [0.1, 0.15) is 42.9 Å². The second-order valence-corrected chi connectivity index (χ2v) is 10.4. The number of ether oxygens (including phenoxy) is 1. The Bertz CT molecular complexity index is 1460. The molecule has 0 atom stereocenters. The van der Waals surface area contributed by atoms with Crippen LogP contribution in [0.2, 0.25) is 0 Å². The maximum atomic E-state index is 14.1. The number of fused-ring (bicyclic) bond motifs is 1. The van der Waals surface area contributed by atoms with Crippen molar-refractivity contribution < 1.29 is 4.74 Å². The van der Waals surface area contributed by atoms with Gasteiger partial charge in [0.15, 0.2) is 0 Å². The third-order valence-corrected chi connectivity index (χ3v) is 7.95. The third kappa shape index (κ3) is 4.96. The Kier molecular flexibility index (Phi) is 7.20. The number of hydrogen-bond donors (Lipinski definition) is 1. The molecule has 0 bridgehead atoms. The highest BCUT2D eigenvalue weighted by molar-refractivity contribution is 5.82. The van der Waals surface area contributed by atoms with E-state index >= 15 is 0 Å². The summed E-state index contributed by atoms with van der Waals surface area (Å²) in [5.74, 6) is 0.692. The zero-order chi connectivity index (χ0) is 25.9. The van der Waals surface area contributed by atoms with E-state index in [-0.39, 0.29) is 11.6 Å². The van der Waals surface area contributed by atoms with Gasteiger partial charge in [-0.05, 0) is 68.5 Å². The lowest BCUT2D eigenvalue weighted by Crippen LogP contribution is -2.43. The second-order valence-electron chi connectivity index (χ2n) is 10.4. The molecule has 2 aliphatic heterocycles. The van der Waals surface area contributed by atoms with Crippen molar-refractivity contribution in [1.82, 2.24) is 19.9 Å². The Morgan fingerprint density at radius 2 is 1.71 bits per heavy atom. The summed E-state index contributed by atoms with van der Waals surface area (Å²) in [4.78, 5) is 26.5. The van der Waals surface area contributed by atoms with Gasteiger partial charge in [-0.15, -0.1) is 0 Å². The number of aryl methyl sites for hydroxylation is 1. The highest BCUT2D eigenvalue weighted by atomic mass is 16.5. The van der Waals surface area contributed by atoms with E-state index in [1.165, 1.54) is 5.56 Å². The molecule has 4 aromatic rings. The standard InChI is InChI=1S/C31H35N5O2/c1-22-7-5-6-10-27(22)28-19-24-20-33-31(34-29(24)36(30(28)37)26-13-17-38-18-14-26)35(25-11-15-32-16-12-25)21-23-8-3-2-4-9-23/h2-10,19-20,25-26,32H,11-18,21H2,1H3. The summed E-state index contributed by atoms with van der Waals surface area (Å²) in [5, 5.41) is 4.37. The van der Waals surface area contributed by atoms with E-state index in [0.29, 0.717) is 30.8 Å². The smallest absolute Gasteiger partial charge is 0.260 e. The molecule has 7 heteroatoms. The molecule has 2 saturated heterocycles. The molecule has 2 aromatic heterocycles. The van der Waals surface area contributed by atoms with Crippen LogP contribution in [0.5, 0.6) is 0 Å². The molecule has 0 saturated carbocycles. The highest BCUT2D eigenvalue weighted by Gasteiger charge is 2.26. The van der Waals surface area contributed by atoms with Crippen LogP contribution in [0.3, 0.4) is 0 Å². The number of rotatable bonds is 6. The minimum atomic E-state index is 0.0137. The Hall–Kier alpha value is -3.55. The first-order valence-corrected chi connectivity index (χ1v) is 13.8. The summed E-state index contributed by atoms with van der Waals surface area (Å²) in [6, 6.07) is 20.9. The van der Waals surface area contributed by atoms with Crippen molar-refractivity contribution in [3.05, 3.63) is 88.3 Å². The van der Waals surface area contributed by atoms with Crippen molar-refractivity contribution >= 4 is 17.0 Å². The Balaban J connectivity index is 1.51. The molecule has 0 unspecified atom stereocenters. The molecule has 38 heavy (non-hydrogen) atoms. The quantitative estimate of drug-likeness (QED) is 0.400. The molecule has 2 aliphatic rings. The summed E-state index contributed by atoms with van der Waals surface area (Å²) in [6.45, 7) is 6.06. The largest absolute Gasteiger partial charge is 0.381 e. The first kappa shape index (κ1) is 24.8. The Morgan fingerprint density at radius 1 is 0.974 bits per heavy atom. The zero-order valence-corrected chi connectivity index (χ0v) is 22.0. The summed E-state index contributed by atoms with van der Waals surface area (Å²) >= 11 is 0. The van der Waals surface area contributed by atoms with E-state index < -0.39 is 0 Å². The SMILES string of the molecule is Cc1ccccc1-c1cc2cnc(N(Cc3ccccc3)C3CCNCC3)nc2n(C2CCOCC2)c1=O. The van der Waals surface area contributed by atoms with Crippen molar-refractivity contribution in [2.75, 3.05) is 31.2 Å². The number of hydrogen-bond acceptors (Lipinski definition) is 6. The topological polar surface area (TPSA) is 72.3 Å². The van der Waals surface area contributed by atoms with Gasteiger partial charge in [-0.2, -0.15) is 4.98 Å². The molecular formula is C31H35N5O2. The first-order chi connectivity index (χ1) is 18.7. The fraction of sp³-hybridized carbons (Fsp3) is 0.387. The van der Waals surface area contributed by atoms with E-state index in [2.05, 4.69) is 47.5 Å². The summed E-state index contributed by atoms with van der Waals surface area (Å²) in [6.07, 6.45) is 5.58. The van der Waals surface area contributed by atoms with Gasteiger partial charge in [-0.1, -0.05) is 54.6 Å². The third-order valence-electron chi connectivity index (χ3n) is 7.95. The van der Waals surface area contributed by atoms with Gasteiger partial charge in [-0.3, -0.25) is 9.36 Å². The van der Waals surface area contributed by atoms with Gasteiger partial charge in [0.05, 0.1) is 0 Å². The van der Waals surface area contributed by atoms with Crippen LogP contribution in [0.4, 0.5) is 5.95 Å². The Labute approximate surface area is 223 Å². The molecule has 0 radical (unpaired) electrons. The van der Waals surface area contributed by atoms with Crippen molar-refractivity contribution in [1.29, 1.82) is 0 Å². The van der Waals surface area contributed by atoms with Crippen molar-refractivity contribution in [2.45, 2.75) is 51.2 Å². The molecule has 1 N–H and O–H groups in total. The number of nitrogens with one attached hydrogen (secondary N) is 1. The van der Waals surface area contributed by atoms with E-state index in [4.69, 9.17) is 14.7 Å². The van der Waals surface area contributed by atoms with E-state index in [0.717, 1.165) is 67.5 Å². The monoisotopic (exact) mass is 509 g/mol. The lowest BCUT2D eigenvalue weighted by Gasteiger charge is -2.35. The van der Waals surface area contributed by atoms with Crippen LogP contribution in [-0.2, 0) is 11.3 Å². The number of pyridine rings is 1. The minimum absolute atomic E-state index is 0.0137. The summed E-state index contributed by atoms with van der Waals surface area (Å²) in [7, 11) is 0. The fourth-order valence-electron chi connectivity index (χ4n) is 5.86. The second kappa shape index (κ2) is 11.1. The predicted molar refractivity (Wildman–Crippen MR) is 152 cm³/mol. The van der Waals surface area contributed by atoms with Gasteiger partial charge < -0.3 is 15.0 Å². The normalized spacial score (nSPS) is 17.1. The van der Waals surface area contributed by atoms with Gasteiger partial charge in [0, 0.05) is 49.0 Å². The van der Waals surface area contributed by atoms with E-state index in [9.17, 15) is 4.79 Å². The van der Waals surface area contributed by atoms with Crippen LogP contribution in [0.25, 0.3) is 22.2 Å². The number of anilines is 1. The van der Waals surface area contributed by atoms with Crippen LogP contribution >= 0.6 is 0 Å². The van der Waals surface area contributed by atoms with Gasteiger partial charge in [-0.25, -0.2) is 4.98 Å². The minimum Gasteiger partial charge on any atom is -0.381 e. The number of piperidine rings is 1. The maximum Gasteiger partial charge on any atom is 0.260 e. The molecule has 6 rings (SSSR count). The van der Waals surface area contributed by atoms with Crippen LogP contribution in [0.15, 0.2) is 71.7 Å². The highest BCUT2D eigenvalue weighted by Crippen LogP contribution is 2.30. The molecule has 2 fully saturated rings. The predicted octanol–water partition coefficient (Wildman–Crippen LogP) is 4.88. The van der Waals surface area contributed by atoms with Gasteiger partial charge in [0.1, 0.15) is 5.65 Å². The molecule has 7 nitrogen and oxygen atoms in total. The van der Waals surface area contributed by atoms with Gasteiger partial charge >= 0.3 is 0 Å². The van der Waals surface area contributed by atoms with Gasteiger partial charge in [0.2, 0.25) is 5.95 Å². The van der Waals surface area contributed by atoms with E-state index in [1.54, 1.807) is 0 Å². The summed E-state index contributed by atoms with van der Waals surface area (Å²) < 4.78 is 7.59. The molecule has 4 heterocycles. The van der Waals surface area contributed by atoms with Crippen molar-refractivity contribution in [3.8, 4) is 11.1 Å². The average Bonchev–Trinajstić information content (AvgIpc) is 2.97. The zero-order valence-electron chi connectivity index (χ0n) is 22.0. The van der Waals surface area contributed by atoms with Crippen LogP contribution < -0.4 is 15.8 Å². The fourth-order valence-corrected chi connectivity index (χ4v) is 5.86. The number of nitrogens with zero attached hydrogens (tertiary/aromatic N) is 4. The lowest BCUT2D eigenvalue weighted by atomic mass is 10.00. The maximum absolute atomic E-state index is 14.1. The molecular weight excluding hydrogens is 474 g/mol. The first-order valence-electron chi connectivity index (χ1n) is 13.8. The number of benzene rings is 2. The lowest BCUT2D eigenvalue weighted by molar-refractivity contribution is 0.0697. The molecule has 0 spiro atoms. The van der Waals surface area contributed by atoms with Gasteiger partial charge in [0.25, 0.3) is 5.56 Å². The van der Waals surface area contributed by atoms with Crippen molar-refractivity contribution in [3.63, 3.8) is 0 Å². The average molecular weight is 510 g/mol. The van der Waals surface area contributed by atoms with Crippen LogP contribution in [0, 0.1) is 6.92 Å². The Morgan fingerprint density at radius 3 is 2.47 bits per heavy atom. The van der Waals surface area contributed by atoms with Crippen LogP contribution in [-0.4, -0.2) is 46.9 Å².